The Kier molecular flexibility index (Phi) is 3.58. The number of carbonyl (C=O) groups is 1. The van der Waals surface area contributed by atoms with E-state index in [-0.39, 0.29) is 5.91 Å². The summed E-state index contributed by atoms with van der Waals surface area (Å²) in [7, 11) is 1.68. The topological polar surface area (TPSA) is 53.4 Å². The predicted molar refractivity (Wildman–Crippen MR) is 70.4 cm³/mol. The highest BCUT2D eigenvalue weighted by atomic mass is 16.3. The number of hydrogen-bond acceptors (Lipinski definition) is 3. The molecular formula is C14H16N2O2. The summed E-state index contributed by atoms with van der Waals surface area (Å²) in [6.45, 7) is 1.98. The van der Waals surface area contributed by atoms with Gasteiger partial charge in [-0.3, -0.25) is 9.78 Å². The Hall–Kier alpha value is -1.94. The zero-order valence-electron chi connectivity index (χ0n) is 10.5. The number of hydrogen-bond donors (Lipinski definition) is 1. The fourth-order valence-corrected chi connectivity index (χ4v) is 1.91. The number of likely N-dealkylation sites (N-methyl/N-ethyl adjacent to an activating group) is 1. The van der Waals surface area contributed by atoms with Gasteiger partial charge < -0.3 is 10.0 Å². The van der Waals surface area contributed by atoms with Crippen molar-refractivity contribution in [2.24, 2.45) is 0 Å². The van der Waals surface area contributed by atoms with Gasteiger partial charge in [-0.05, 0) is 31.2 Å². The average molecular weight is 244 g/mol. The largest absolute Gasteiger partial charge is 0.392 e. The van der Waals surface area contributed by atoms with Crippen LogP contribution in [0.2, 0.25) is 0 Å². The third kappa shape index (κ3) is 2.65. The first-order chi connectivity index (χ1) is 8.58. The summed E-state index contributed by atoms with van der Waals surface area (Å²) < 4.78 is 0. The highest BCUT2D eigenvalue weighted by Crippen LogP contribution is 2.14. The SMILES string of the molecule is CC(O)CN(C)C(=O)c1ccc2ncccc2c1. The first-order valence-electron chi connectivity index (χ1n) is 5.86. The van der Waals surface area contributed by atoms with E-state index in [9.17, 15) is 9.90 Å². The van der Waals surface area contributed by atoms with Crippen molar-refractivity contribution in [2.45, 2.75) is 13.0 Å². The normalized spacial score (nSPS) is 12.4. The van der Waals surface area contributed by atoms with E-state index < -0.39 is 6.10 Å². The highest BCUT2D eigenvalue weighted by Gasteiger charge is 2.13. The Labute approximate surface area is 106 Å². The standard InChI is InChI=1S/C14H16N2O2/c1-10(17)9-16(2)14(18)12-5-6-13-11(8-12)4-3-7-15-13/h3-8,10,17H,9H2,1-2H3. The number of rotatable bonds is 3. The third-order valence-corrected chi connectivity index (χ3v) is 2.73. The summed E-state index contributed by atoms with van der Waals surface area (Å²) in [5.74, 6) is -0.0957. The van der Waals surface area contributed by atoms with Crippen LogP contribution in [0.25, 0.3) is 10.9 Å². The van der Waals surface area contributed by atoms with Gasteiger partial charge >= 0.3 is 0 Å². The molecular weight excluding hydrogens is 228 g/mol. The fourth-order valence-electron chi connectivity index (χ4n) is 1.91. The molecule has 0 aliphatic heterocycles. The van der Waals surface area contributed by atoms with Gasteiger partial charge in [-0.15, -0.1) is 0 Å². The van der Waals surface area contributed by atoms with Crippen molar-refractivity contribution in [3.05, 3.63) is 42.1 Å². The molecule has 4 heteroatoms. The van der Waals surface area contributed by atoms with Gasteiger partial charge in [-0.25, -0.2) is 0 Å². The molecule has 18 heavy (non-hydrogen) atoms. The van der Waals surface area contributed by atoms with E-state index in [0.717, 1.165) is 10.9 Å². The van der Waals surface area contributed by atoms with Crippen molar-refractivity contribution >= 4 is 16.8 Å². The van der Waals surface area contributed by atoms with Crippen molar-refractivity contribution in [3.63, 3.8) is 0 Å². The molecule has 1 unspecified atom stereocenters. The van der Waals surface area contributed by atoms with Gasteiger partial charge in [0.15, 0.2) is 0 Å². The number of aliphatic hydroxyl groups is 1. The number of amides is 1. The Balaban J connectivity index is 2.28. The van der Waals surface area contributed by atoms with E-state index in [1.807, 2.05) is 24.3 Å². The fraction of sp³-hybridized carbons (Fsp3) is 0.286. The quantitative estimate of drug-likeness (QED) is 0.893. The summed E-state index contributed by atoms with van der Waals surface area (Å²) in [5.41, 5.74) is 1.48. The van der Waals surface area contributed by atoms with E-state index >= 15 is 0 Å². The monoisotopic (exact) mass is 244 g/mol. The molecule has 1 N–H and O–H groups in total. The first-order valence-corrected chi connectivity index (χ1v) is 5.86. The minimum atomic E-state index is -0.527. The lowest BCUT2D eigenvalue weighted by Gasteiger charge is -2.18. The Morgan fingerprint density at radius 2 is 2.22 bits per heavy atom. The van der Waals surface area contributed by atoms with Crippen LogP contribution in [0, 0.1) is 0 Å². The molecule has 2 aromatic rings. The molecule has 0 saturated carbocycles. The summed E-state index contributed by atoms with van der Waals surface area (Å²) >= 11 is 0. The van der Waals surface area contributed by atoms with Crippen LogP contribution >= 0.6 is 0 Å². The molecule has 0 spiro atoms. The number of benzene rings is 1. The van der Waals surface area contributed by atoms with E-state index in [1.54, 1.807) is 26.2 Å². The maximum atomic E-state index is 12.1. The predicted octanol–water partition coefficient (Wildman–Crippen LogP) is 1.69. The van der Waals surface area contributed by atoms with Crippen molar-refractivity contribution in [3.8, 4) is 0 Å². The molecule has 0 radical (unpaired) electrons. The molecule has 1 atom stereocenters. The summed E-state index contributed by atoms with van der Waals surface area (Å²) in [5, 5.41) is 10.2. The Bertz CT molecular complexity index is 566. The summed E-state index contributed by atoms with van der Waals surface area (Å²) in [6.07, 6.45) is 1.20. The van der Waals surface area contributed by atoms with Crippen molar-refractivity contribution in [1.29, 1.82) is 0 Å². The van der Waals surface area contributed by atoms with Crippen molar-refractivity contribution in [1.82, 2.24) is 9.88 Å². The average Bonchev–Trinajstić information content (AvgIpc) is 2.36. The number of aliphatic hydroxyl groups excluding tert-OH is 1. The van der Waals surface area contributed by atoms with Crippen LogP contribution in [0.15, 0.2) is 36.5 Å². The molecule has 1 aromatic heterocycles. The van der Waals surface area contributed by atoms with E-state index in [1.165, 1.54) is 4.90 Å². The smallest absolute Gasteiger partial charge is 0.253 e. The molecule has 0 aliphatic rings. The second-order valence-corrected chi connectivity index (χ2v) is 4.45. The number of aromatic nitrogens is 1. The molecule has 1 aromatic carbocycles. The Morgan fingerprint density at radius 1 is 1.44 bits per heavy atom. The highest BCUT2D eigenvalue weighted by molar-refractivity contribution is 5.97. The van der Waals surface area contributed by atoms with E-state index in [4.69, 9.17) is 0 Å². The molecule has 4 nitrogen and oxygen atoms in total. The third-order valence-electron chi connectivity index (χ3n) is 2.73. The van der Waals surface area contributed by atoms with Crippen LogP contribution in [0.1, 0.15) is 17.3 Å². The molecule has 2 rings (SSSR count). The van der Waals surface area contributed by atoms with E-state index in [0.29, 0.717) is 12.1 Å². The van der Waals surface area contributed by atoms with E-state index in [2.05, 4.69) is 4.98 Å². The molecule has 1 amide bonds. The van der Waals surface area contributed by atoms with Crippen LogP contribution in [0.4, 0.5) is 0 Å². The number of nitrogens with zero attached hydrogens (tertiary/aromatic N) is 2. The molecule has 0 fully saturated rings. The van der Waals surface area contributed by atoms with Gasteiger partial charge in [0.1, 0.15) is 0 Å². The maximum absolute atomic E-state index is 12.1. The van der Waals surface area contributed by atoms with Gasteiger partial charge in [0.2, 0.25) is 0 Å². The molecule has 0 bridgehead atoms. The second kappa shape index (κ2) is 5.14. The van der Waals surface area contributed by atoms with Crippen LogP contribution in [-0.2, 0) is 0 Å². The molecule has 0 aliphatic carbocycles. The molecule has 94 valence electrons. The second-order valence-electron chi connectivity index (χ2n) is 4.45. The van der Waals surface area contributed by atoms with Crippen LogP contribution < -0.4 is 0 Å². The lowest BCUT2D eigenvalue weighted by Crippen LogP contribution is -2.33. The van der Waals surface area contributed by atoms with Gasteiger partial charge in [-0.1, -0.05) is 6.07 Å². The minimum absolute atomic E-state index is 0.0957. The summed E-state index contributed by atoms with van der Waals surface area (Å²) in [4.78, 5) is 17.8. The minimum Gasteiger partial charge on any atom is -0.392 e. The van der Waals surface area contributed by atoms with Gasteiger partial charge in [-0.2, -0.15) is 0 Å². The van der Waals surface area contributed by atoms with Crippen molar-refractivity contribution in [2.75, 3.05) is 13.6 Å². The number of carbonyl (C=O) groups excluding carboxylic acids is 1. The number of pyridine rings is 1. The Morgan fingerprint density at radius 3 is 2.94 bits per heavy atom. The maximum Gasteiger partial charge on any atom is 0.253 e. The zero-order chi connectivity index (χ0) is 13.1. The molecule has 1 heterocycles. The lowest BCUT2D eigenvalue weighted by molar-refractivity contribution is 0.0704. The van der Waals surface area contributed by atoms with Crippen LogP contribution in [0.3, 0.4) is 0 Å². The molecule has 0 saturated heterocycles. The van der Waals surface area contributed by atoms with Crippen LogP contribution in [0.5, 0.6) is 0 Å². The zero-order valence-corrected chi connectivity index (χ0v) is 10.5. The first kappa shape index (κ1) is 12.5. The van der Waals surface area contributed by atoms with Crippen molar-refractivity contribution < 1.29 is 9.90 Å². The lowest BCUT2D eigenvalue weighted by atomic mass is 10.1. The van der Waals surface area contributed by atoms with Gasteiger partial charge in [0.25, 0.3) is 5.91 Å². The van der Waals surface area contributed by atoms with Gasteiger partial charge in [0, 0.05) is 30.7 Å². The summed E-state index contributed by atoms with van der Waals surface area (Å²) in [6, 6.07) is 9.18. The number of fused-ring (bicyclic) bond motifs is 1. The van der Waals surface area contributed by atoms with Gasteiger partial charge in [0.05, 0.1) is 11.6 Å². The van der Waals surface area contributed by atoms with Crippen LogP contribution in [-0.4, -0.2) is 40.6 Å².